The standard InChI is InChI=1S/C18H34N4O6S/c1-9(2)13(16(25)20-12(8-23)18(27)28)22-17(26)14(10(3)4)21-15(24)11(19)6-7-29-5/h9-14,23H,6-8,19H2,1-5H3,(H,20,25)(H,21,24)(H,22,26)(H,27,28). The van der Waals surface area contributed by atoms with Gasteiger partial charge >= 0.3 is 5.97 Å². The van der Waals surface area contributed by atoms with Crippen molar-refractivity contribution in [2.45, 2.75) is 58.3 Å². The molecule has 3 amide bonds. The van der Waals surface area contributed by atoms with E-state index in [1.54, 1.807) is 39.5 Å². The molecule has 0 saturated heterocycles. The molecule has 4 atom stereocenters. The van der Waals surface area contributed by atoms with Crippen LogP contribution in [0.2, 0.25) is 0 Å². The third kappa shape index (κ3) is 9.46. The Morgan fingerprint density at radius 2 is 1.34 bits per heavy atom. The average molecular weight is 435 g/mol. The number of nitrogens with two attached hydrogens (primary N) is 1. The highest BCUT2D eigenvalue weighted by Gasteiger charge is 2.32. The molecule has 7 N–H and O–H groups in total. The van der Waals surface area contributed by atoms with Crippen molar-refractivity contribution in [2.24, 2.45) is 17.6 Å². The fourth-order valence-corrected chi connectivity index (χ4v) is 2.89. The van der Waals surface area contributed by atoms with E-state index in [-0.39, 0.29) is 11.8 Å². The van der Waals surface area contributed by atoms with Crippen molar-refractivity contribution in [1.82, 2.24) is 16.0 Å². The number of thioether (sulfide) groups is 1. The van der Waals surface area contributed by atoms with Gasteiger partial charge in [0.15, 0.2) is 0 Å². The number of nitrogens with one attached hydrogen (secondary N) is 3. The summed E-state index contributed by atoms with van der Waals surface area (Å²) in [6.07, 6.45) is 2.37. The topological polar surface area (TPSA) is 171 Å². The maximum atomic E-state index is 12.7. The predicted octanol–water partition coefficient (Wildman–Crippen LogP) is -1.09. The van der Waals surface area contributed by atoms with E-state index in [9.17, 15) is 19.2 Å². The summed E-state index contributed by atoms with van der Waals surface area (Å²) >= 11 is 1.56. The second-order valence-corrected chi connectivity index (χ2v) is 8.42. The first kappa shape index (κ1) is 27.1. The van der Waals surface area contributed by atoms with Crippen LogP contribution in [0.3, 0.4) is 0 Å². The Hall–Kier alpha value is -1.85. The fourth-order valence-electron chi connectivity index (χ4n) is 2.40. The minimum Gasteiger partial charge on any atom is -0.480 e. The molecule has 0 radical (unpaired) electrons. The van der Waals surface area contributed by atoms with Gasteiger partial charge in [-0.05, 0) is 30.3 Å². The molecule has 0 fully saturated rings. The smallest absolute Gasteiger partial charge is 0.328 e. The zero-order valence-corrected chi connectivity index (χ0v) is 18.4. The number of carboxylic acid groups (broad SMARTS) is 1. The largest absolute Gasteiger partial charge is 0.480 e. The van der Waals surface area contributed by atoms with Crippen molar-refractivity contribution >= 4 is 35.5 Å². The number of carbonyl (C=O) groups excluding carboxylic acids is 3. The van der Waals surface area contributed by atoms with Crippen molar-refractivity contribution in [2.75, 3.05) is 18.6 Å². The summed E-state index contributed by atoms with van der Waals surface area (Å²) < 4.78 is 0. The zero-order valence-electron chi connectivity index (χ0n) is 17.6. The van der Waals surface area contributed by atoms with Gasteiger partial charge in [0.05, 0.1) is 12.6 Å². The minimum absolute atomic E-state index is 0.271. The number of aliphatic carboxylic acids is 1. The van der Waals surface area contributed by atoms with Gasteiger partial charge in [0.1, 0.15) is 18.1 Å². The molecule has 0 saturated carbocycles. The molecule has 0 heterocycles. The second kappa shape index (κ2) is 13.4. The molecule has 0 aliphatic carbocycles. The second-order valence-electron chi connectivity index (χ2n) is 7.43. The number of carboxylic acids is 1. The summed E-state index contributed by atoms with van der Waals surface area (Å²) in [7, 11) is 0. The summed E-state index contributed by atoms with van der Waals surface area (Å²) in [5.41, 5.74) is 5.85. The molecule has 0 spiro atoms. The molecule has 0 rings (SSSR count). The van der Waals surface area contributed by atoms with E-state index in [0.29, 0.717) is 12.2 Å². The monoisotopic (exact) mass is 434 g/mol. The van der Waals surface area contributed by atoms with Crippen LogP contribution in [0.4, 0.5) is 0 Å². The van der Waals surface area contributed by atoms with E-state index in [2.05, 4.69) is 16.0 Å². The van der Waals surface area contributed by atoms with Gasteiger partial charge in [0.2, 0.25) is 17.7 Å². The summed E-state index contributed by atoms with van der Waals surface area (Å²) in [6.45, 7) is 6.07. The van der Waals surface area contributed by atoms with E-state index in [1.807, 2.05) is 6.26 Å². The highest BCUT2D eigenvalue weighted by atomic mass is 32.2. The number of aliphatic hydroxyl groups is 1. The van der Waals surface area contributed by atoms with Crippen molar-refractivity contribution in [3.63, 3.8) is 0 Å². The van der Waals surface area contributed by atoms with E-state index in [1.165, 1.54) is 0 Å². The van der Waals surface area contributed by atoms with Crippen LogP contribution in [0, 0.1) is 11.8 Å². The van der Waals surface area contributed by atoms with E-state index >= 15 is 0 Å². The molecule has 4 unspecified atom stereocenters. The first-order valence-electron chi connectivity index (χ1n) is 9.45. The van der Waals surface area contributed by atoms with Crippen LogP contribution in [-0.4, -0.2) is 76.7 Å². The number of hydrogen-bond donors (Lipinski definition) is 6. The third-order valence-electron chi connectivity index (χ3n) is 4.26. The lowest BCUT2D eigenvalue weighted by Crippen LogP contribution is -2.59. The van der Waals surface area contributed by atoms with Crippen molar-refractivity contribution in [3.05, 3.63) is 0 Å². The quantitative estimate of drug-likeness (QED) is 0.212. The molecule has 0 aromatic heterocycles. The lowest BCUT2D eigenvalue weighted by Gasteiger charge is -2.28. The molecular formula is C18H34N4O6S. The third-order valence-corrected chi connectivity index (χ3v) is 4.90. The van der Waals surface area contributed by atoms with Gasteiger partial charge < -0.3 is 31.9 Å². The van der Waals surface area contributed by atoms with E-state index in [4.69, 9.17) is 15.9 Å². The summed E-state index contributed by atoms with van der Waals surface area (Å²) in [5.74, 6) is -3.08. The fraction of sp³-hybridized carbons (Fsp3) is 0.778. The van der Waals surface area contributed by atoms with Crippen LogP contribution in [0.1, 0.15) is 34.1 Å². The Morgan fingerprint density at radius 1 is 0.897 bits per heavy atom. The molecule has 168 valence electrons. The predicted molar refractivity (Wildman–Crippen MR) is 111 cm³/mol. The Morgan fingerprint density at radius 3 is 1.72 bits per heavy atom. The van der Waals surface area contributed by atoms with Crippen LogP contribution in [0.25, 0.3) is 0 Å². The van der Waals surface area contributed by atoms with Crippen LogP contribution < -0.4 is 21.7 Å². The van der Waals surface area contributed by atoms with Gasteiger partial charge in [-0.25, -0.2) is 4.79 Å². The summed E-state index contributed by atoms with van der Waals surface area (Å²) in [6, 6.07) is -4.18. The van der Waals surface area contributed by atoms with Crippen LogP contribution in [0.15, 0.2) is 0 Å². The molecule has 29 heavy (non-hydrogen) atoms. The Balaban J connectivity index is 5.21. The Kier molecular flexibility index (Phi) is 12.5. The molecule has 0 bridgehead atoms. The van der Waals surface area contributed by atoms with E-state index in [0.717, 1.165) is 0 Å². The normalized spacial score (nSPS) is 15.3. The first-order valence-corrected chi connectivity index (χ1v) is 10.8. The number of aliphatic hydroxyl groups excluding tert-OH is 1. The molecule has 0 aromatic carbocycles. The number of hydrogen-bond acceptors (Lipinski definition) is 7. The molecule has 0 aliphatic heterocycles. The lowest BCUT2D eigenvalue weighted by molar-refractivity contribution is -0.143. The van der Waals surface area contributed by atoms with Gasteiger partial charge in [-0.2, -0.15) is 11.8 Å². The Labute approximate surface area is 175 Å². The van der Waals surface area contributed by atoms with Gasteiger partial charge in [-0.1, -0.05) is 27.7 Å². The highest BCUT2D eigenvalue weighted by Crippen LogP contribution is 2.08. The van der Waals surface area contributed by atoms with Crippen LogP contribution >= 0.6 is 11.8 Å². The minimum atomic E-state index is -1.48. The molecule has 0 aromatic rings. The van der Waals surface area contributed by atoms with Gasteiger partial charge in [0.25, 0.3) is 0 Å². The maximum Gasteiger partial charge on any atom is 0.328 e. The van der Waals surface area contributed by atoms with Gasteiger partial charge in [-0.3, -0.25) is 14.4 Å². The average Bonchev–Trinajstić information content (AvgIpc) is 2.64. The first-order chi connectivity index (χ1) is 13.5. The van der Waals surface area contributed by atoms with Crippen LogP contribution in [-0.2, 0) is 19.2 Å². The number of rotatable bonds is 13. The molecule has 11 heteroatoms. The number of carbonyl (C=O) groups is 4. The highest BCUT2D eigenvalue weighted by molar-refractivity contribution is 7.98. The van der Waals surface area contributed by atoms with Crippen molar-refractivity contribution in [1.29, 1.82) is 0 Å². The van der Waals surface area contributed by atoms with E-state index < -0.39 is 54.5 Å². The Bertz CT molecular complexity index is 573. The van der Waals surface area contributed by atoms with Crippen molar-refractivity contribution < 1.29 is 29.4 Å². The van der Waals surface area contributed by atoms with Gasteiger partial charge in [-0.15, -0.1) is 0 Å². The summed E-state index contributed by atoms with van der Waals surface area (Å²) in [4.78, 5) is 48.5. The molecule has 10 nitrogen and oxygen atoms in total. The van der Waals surface area contributed by atoms with Crippen molar-refractivity contribution in [3.8, 4) is 0 Å². The SMILES string of the molecule is CSCCC(N)C(=O)NC(C(=O)NC(C(=O)NC(CO)C(=O)O)C(C)C)C(C)C. The summed E-state index contributed by atoms with van der Waals surface area (Å²) in [5, 5.41) is 25.4. The zero-order chi connectivity index (χ0) is 22.7. The molecular weight excluding hydrogens is 400 g/mol. The van der Waals surface area contributed by atoms with Crippen LogP contribution in [0.5, 0.6) is 0 Å². The maximum absolute atomic E-state index is 12.7. The lowest BCUT2D eigenvalue weighted by atomic mass is 9.99. The van der Waals surface area contributed by atoms with Gasteiger partial charge in [0, 0.05) is 0 Å². The molecule has 0 aliphatic rings. The number of amides is 3.